The number of benzene rings is 2. The molecule has 0 heterocycles. The first kappa shape index (κ1) is 17.4. The fourth-order valence-electron chi connectivity index (χ4n) is 3.45. The standard InChI is InChI=1S/C20H22FNO3/c1-24-17-10-6-7-14(11-17)15-12-18(25-2)20(21,13-15)19(23)22-16-8-4-3-5-9-16/h3-11,15,18H,12-13H2,1-2H3,(H,22,23)/t15-,18-,20-/m1/s1. The molecule has 132 valence electrons. The lowest BCUT2D eigenvalue weighted by Crippen LogP contribution is -2.45. The molecule has 0 unspecified atom stereocenters. The number of carbonyl (C=O) groups excluding carboxylic acids is 1. The molecule has 1 fully saturated rings. The number of carbonyl (C=O) groups is 1. The minimum Gasteiger partial charge on any atom is -0.497 e. The van der Waals surface area contributed by atoms with Crippen LogP contribution in [0, 0.1) is 0 Å². The number of halogens is 1. The zero-order chi connectivity index (χ0) is 17.9. The van der Waals surface area contributed by atoms with Gasteiger partial charge in [-0.15, -0.1) is 0 Å². The molecule has 3 atom stereocenters. The summed E-state index contributed by atoms with van der Waals surface area (Å²) in [5.41, 5.74) is -0.545. The van der Waals surface area contributed by atoms with E-state index in [-0.39, 0.29) is 12.3 Å². The lowest BCUT2D eigenvalue weighted by molar-refractivity contribution is -0.134. The van der Waals surface area contributed by atoms with Crippen LogP contribution in [0.15, 0.2) is 54.6 Å². The molecule has 0 bridgehead atoms. The zero-order valence-electron chi connectivity index (χ0n) is 14.4. The van der Waals surface area contributed by atoms with Crippen LogP contribution in [0.4, 0.5) is 10.1 Å². The van der Waals surface area contributed by atoms with Gasteiger partial charge in [0, 0.05) is 19.2 Å². The van der Waals surface area contributed by atoms with E-state index in [1.54, 1.807) is 31.4 Å². The van der Waals surface area contributed by atoms with E-state index in [0.717, 1.165) is 11.3 Å². The van der Waals surface area contributed by atoms with Crippen molar-refractivity contribution in [3.05, 3.63) is 60.2 Å². The fourth-order valence-corrected chi connectivity index (χ4v) is 3.45. The molecule has 2 aromatic rings. The van der Waals surface area contributed by atoms with Gasteiger partial charge in [-0.3, -0.25) is 4.79 Å². The summed E-state index contributed by atoms with van der Waals surface area (Å²) in [7, 11) is 3.04. The average Bonchev–Trinajstić information content (AvgIpc) is 3.01. The topological polar surface area (TPSA) is 47.6 Å². The molecule has 1 aliphatic carbocycles. The van der Waals surface area contributed by atoms with Crippen molar-refractivity contribution >= 4 is 11.6 Å². The van der Waals surface area contributed by atoms with E-state index in [9.17, 15) is 4.79 Å². The van der Waals surface area contributed by atoms with Crippen molar-refractivity contribution in [2.24, 2.45) is 0 Å². The van der Waals surface area contributed by atoms with Crippen molar-refractivity contribution in [3.63, 3.8) is 0 Å². The summed E-state index contributed by atoms with van der Waals surface area (Å²) in [5.74, 6) is -0.0425. The number of hydrogen-bond acceptors (Lipinski definition) is 3. The third-order valence-electron chi connectivity index (χ3n) is 4.81. The van der Waals surface area contributed by atoms with E-state index in [1.165, 1.54) is 7.11 Å². The molecule has 1 N–H and O–H groups in total. The van der Waals surface area contributed by atoms with E-state index in [1.807, 2.05) is 30.3 Å². The molecule has 3 rings (SSSR count). The Morgan fingerprint density at radius 3 is 2.60 bits per heavy atom. The maximum atomic E-state index is 15.6. The molecule has 1 amide bonds. The molecule has 2 aromatic carbocycles. The van der Waals surface area contributed by atoms with Crippen LogP contribution in [-0.2, 0) is 9.53 Å². The molecule has 0 spiro atoms. The van der Waals surface area contributed by atoms with Crippen LogP contribution in [0.25, 0.3) is 0 Å². The van der Waals surface area contributed by atoms with E-state index in [0.29, 0.717) is 12.1 Å². The second-order valence-electron chi connectivity index (χ2n) is 6.32. The Labute approximate surface area is 147 Å². The third-order valence-corrected chi connectivity index (χ3v) is 4.81. The van der Waals surface area contributed by atoms with Crippen molar-refractivity contribution < 1.29 is 18.7 Å². The molecule has 0 saturated heterocycles. The molecule has 1 saturated carbocycles. The summed E-state index contributed by atoms with van der Waals surface area (Å²) in [5, 5.41) is 2.66. The number of ether oxygens (including phenoxy) is 2. The highest BCUT2D eigenvalue weighted by molar-refractivity contribution is 5.98. The van der Waals surface area contributed by atoms with Crippen LogP contribution in [-0.4, -0.2) is 31.9 Å². The van der Waals surface area contributed by atoms with Gasteiger partial charge >= 0.3 is 0 Å². The highest BCUT2D eigenvalue weighted by Gasteiger charge is 2.54. The van der Waals surface area contributed by atoms with Gasteiger partial charge in [-0.1, -0.05) is 30.3 Å². The molecule has 0 aliphatic heterocycles. The molecule has 5 heteroatoms. The quantitative estimate of drug-likeness (QED) is 0.895. The van der Waals surface area contributed by atoms with Crippen molar-refractivity contribution in [2.45, 2.75) is 30.5 Å². The van der Waals surface area contributed by atoms with E-state index in [2.05, 4.69) is 5.32 Å². The van der Waals surface area contributed by atoms with Crippen LogP contribution in [0.5, 0.6) is 5.75 Å². The molecule has 1 aliphatic rings. The van der Waals surface area contributed by atoms with Gasteiger partial charge in [-0.2, -0.15) is 0 Å². The Morgan fingerprint density at radius 1 is 1.16 bits per heavy atom. The van der Waals surface area contributed by atoms with Gasteiger partial charge in [0.2, 0.25) is 5.67 Å². The second kappa shape index (κ2) is 7.23. The SMILES string of the molecule is COc1cccc([C@@H]2C[C@@H](OC)[C@@](F)(C(=O)Nc3ccccc3)C2)c1. The lowest BCUT2D eigenvalue weighted by atomic mass is 9.94. The molecule has 25 heavy (non-hydrogen) atoms. The van der Waals surface area contributed by atoms with Gasteiger partial charge in [0.1, 0.15) is 11.9 Å². The molecule has 4 nitrogen and oxygen atoms in total. The Hall–Kier alpha value is -2.40. The first-order valence-electron chi connectivity index (χ1n) is 8.29. The monoisotopic (exact) mass is 343 g/mol. The van der Waals surface area contributed by atoms with Gasteiger partial charge in [0.25, 0.3) is 5.91 Å². The summed E-state index contributed by atoms with van der Waals surface area (Å²) < 4.78 is 26.2. The minimum absolute atomic E-state index is 0.0807. The van der Waals surface area contributed by atoms with Gasteiger partial charge in [0.15, 0.2) is 0 Å². The van der Waals surface area contributed by atoms with Gasteiger partial charge in [-0.05, 0) is 42.2 Å². The van der Waals surface area contributed by atoms with Crippen molar-refractivity contribution in [1.82, 2.24) is 0 Å². The maximum absolute atomic E-state index is 15.6. The molecular weight excluding hydrogens is 321 g/mol. The number of methoxy groups -OCH3 is 2. The molecule has 0 aromatic heterocycles. The van der Waals surface area contributed by atoms with Crippen LogP contribution in [0.1, 0.15) is 24.3 Å². The Kier molecular flexibility index (Phi) is 5.04. The van der Waals surface area contributed by atoms with Crippen LogP contribution in [0.3, 0.4) is 0 Å². The van der Waals surface area contributed by atoms with Crippen molar-refractivity contribution in [1.29, 1.82) is 0 Å². The minimum atomic E-state index is -2.07. The normalized spacial score (nSPS) is 25.6. The molecule has 0 radical (unpaired) electrons. The summed E-state index contributed by atoms with van der Waals surface area (Å²) in [6.45, 7) is 0. The number of nitrogens with one attached hydrogen (secondary N) is 1. The van der Waals surface area contributed by atoms with Crippen molar-refractivity contribution in [3.8, 4) is 5.75 Å². The van der Waals surface area contributed by atoms with Gasteiger partial charge in [0.05, 0.1) is 7.11 Å². The first-order valence-corrected chi connectivity index (χ1v) is 8.29. The number of amides is 1. The fraction of sp³-hybridized carbons (Fsp3) is 0.350. The largest absolute Gasteiger partial charge is 0.497 e. The van der Waals surface area contributed by atoms with Crippen LogP contribution in [0.2, 0.25) is 0 Å². The van der Waals surface area contributed by atoms with Crippen LogP contribution < -0.4 is 10.1 Å². The highest BCUT2D eigenvalue weighted by Crippen LogP contribution is 2.46. The maximum Gasteiger partial charge on any atom is 0.264 e. The first-order chi connectivity index (χ1) is 12.1. The third kappa shape index (κ3) is 3.51. The second-order valence-corrected chi connectivity index (χ2v) is 6.32. The number of anilines is 1. The predicted molar refractivity (Wildman–Crippen MR) is 94.7 cm³/mol. The smallest absolute Gasteiger partial charge is 0.264 e. The van der Waals surface area contributed by atoms with E-state index < -0.39 is 17.7 Å². The average molecular weight is 343 g/mol. The Balaban J connectivity index is 1.81. The number of rotatable bonds is 5. The zero-order valence-corrected chi connectivity index (χ0v) is 14.4. The Morgan fingerprint density at radius 2 is 1.92 bits per heavy atom. The lowest BCUT2D eigenvalue weighted by Gasteiger charge is -2.25. The predicted octanol–water partition coefficient (Wildman–Crippen LogP) is 3.93. The molecular formula is C20H22FNO3. The number of para-hydroxylation sites is 1. The number of alkyl halides is 1. The van der Waals surface area contributed by atoms with E-state index >= 15 is 4.39 Å². The summed E-state index contributed by atoms with van der Waals surface area (Å²) in [4.78, 5) is 12.6. The summed E-state index contributed by atoms with van der Waals surface area (Å²) >= 11 is 0. The van der Waals surface area contributed by atoms with E-state index in [4.69, 9.17) is 9.47 Å². The Bertz CT molecular complexity index is 737. The summed E-state index contributed by atoms with van der Waals surface area (Å²) in [6.07, 6.45) is -0.257. The van der Waals surface area contributed by atoms with Crippen LogP contribution >= 0.6 is 0 Å². The van der Waals surface area contributed by atoms with Gasteiger partial charge < -0.3 is 14.8 Å². The van der Waals surface area contributed by atoms with Gasteiger partial charge in [-0.25, -0.2) is 4.39 Å². The van der Waals surface area contributed by atoms with Crippen molar-refractivity contribution in [2.75, 3.05) is 19.5 Å². The number of hydrogen-bond donors (Lipinski definition) is 1. The highest BCUT2D eigenvalue weighted by atomic mass is 19.1. The summed E-state index contributed by atoms with van der Waals surface area (Å²) in [6, 6.07) is 16.4.